The van der Waals surface area contributed by atoms with Gasteiger partial charge in [0.15, 0.2) is 5.17 Å². The standard InChI is InChI=1S/C30H26N2O2S/c1-2-34-29(33)26-27(22-13-5-3-6-14-22)31-30(32-28(26)23-15-7-4-8-16-23)35-20-24-18-11-17-21-12-9-10-19-25(21)24/h3-19,27H,2,20H2,1H3,(H,31,32)/t27-/m0/s1. The van der Waals surface area contributed by atoms with Gasteiger partial charge in [-0.25, -0.2) is 9.79 Å². The van der Waals surface area contributed by atoms with Crippen LogP contribution in [0.3, 0.4) is 0 Å². The van der Waals surface area contributed by atoms with Crippen LogP contribution in [0.2, 0.25) is 0 Å². The topological polar surface area (TPSA) is 50.7 Å². The lowest BCUT2D eigenvalue weighted by Crippen LogP contribution is -2.31. The molecule has 174 valence electrons. The van der Waals surface area contributed by atoms with Gasteiger partial charge in [0.05, 0.1) is 17.9 Å². The van der Waals surface area contributed by atoms with E-state index in [0.717, 1.165) is 27.7 Å². The van der Waals surface area contributed by atoms with Gasteiger partial charge in [0.1, 0.15) is 6.04 Å². The van der Waals surface area contributed by atoms with E-state index in [1.54, 1.807) is 11.8 Å². The fourth-order valence-corrected chi connectivity index (χ4v) is 5.19. The summed E-state index contributed by atoms with van der Waals surface area (Å²) in [7, 11) is 0. The molecule has 0 unspecified atom stereocenters. The number of carbonyl (C=O) groups is 1. The molecular weight excluding hydrogens is 452 g/mol. The number of nitrogens with zero attached hydrogens (tertiary/aromatic N) is 1. The zero-order valence-electron chi connectivity index (χ0n) is 19.5. The van der Waals surface area contributed by atoms with Gasteiger partial charge in [0.25, 0.3) is 0 Å². The molecule has 0 fully saturated rings. The van der Waals surface area contributed by atoms with Crippen LogP contribution in [0.1, 0.15) is 29.7 Å². The second-order valence-corrected chi connectivity index (χ2v) is 9.14. The molecule has 4 aromatic carbocycles. The fraction of sp³-hybridized carbons (Fsp3) is 0.133. The Hall–Kier alpha value is -3.83. The molecule has 1 aliphatic rings. The van der Waals surface area contributed by atoms with E-state index >= 15 is 0 Å². The summed E-state index contributed by atoms with van der Waals surface area (Å²) in [5.41, 5.74) is 4.39. The molecule has 0 saturated carbocycles. The molecule has 4 aromatic rings. The second kappa shape index (κ2) is 10.6. The number of nitrogens with one attached hydrogen (secondary N) is 1. The predicted molar refractivity (Wildman–Crippen MR) is 145 cm³/mol. The molecule has 0 saturated heterocycles. The largest absolute Gasteiger partial charge is 0.463 e. The van der Waals surface area contributed by atoms with Crippen molar-refractivity contribution >= 4 is 39.4 Å². The Kier molecular flexibility index (Phi) is 6.96. The minimum absolute atomic E-state index is 0.304. The summed E-state index contributed by atoms with van der Waals surface area (Å²) in [6.45, 7) is 2.13. The third-order valence-corrected chi connectivity index (χ3v) is 6.87. The normalized spacial score (nSPS) is 15.5. The van der Waals surface area contributed by atoms with Crippen LogP contribution in [0.4, 0.5) is 0 Å². The fourth-order valence-electron chi connectivity index (χ4n) is 4.29. The summed E-state index contributed by atoms with van der Waals surface area (Å²) < 4.78 is 5.48. The zero-order chi connectivity index (χ0) is 24.0. The van der Waals surface area contributed by atoms with Crippen LogP contribution in [0.25, 0.3) is 16.5 Å². The Labute approximate surface area is 209 Å². The van der Waals surface area contributed by atoms with Crippen LogP contribution in [0.15, 0.2) is 114 Å². The number of ether oxygens (including phenoxy) is 1. The molecule has 0 bridgehead atoms. The number of fused-ring (bicyclic) bond motifs is 1. The molecule has 5 rings (SSSR count). The third-order valence-electron chi connectivity index (χ3n) is 5.94. The minimum Gasteiger partial charge on any atom is -0.463 e. The Morgan fingerprint density at radius 1 is 0.886 bits per heavy atom. The van der Waals surface area contributed by atoms with Crippen molar-refractivity contribution in [3.05, 3.63) is 125 Å². The van der Waals surface area contributed by atoms with Crippen molar-refractivity contribution in [1.29, 1.82) is 0 Å². The van der Waals surface area contributed by atoms with Gasteiger partial charge in [0.2, 0.25) is 0 Å². The number of esters is 1. The zero-order valence-corrected chi connectivity index (χ0v) is 20.3. The first-order valence-corrected chi connectivity index (χ1v) is 12.7. The summed E-state index contributed by atoms with van der Waals surface area (Å²) in [5, 5.41) is 6.71. The summed E-state index contributed by atoms with van der Waals surface area (Å²) in [4.78, 5) is 18.2. The first-order chi connectivity index (χ1) is 17.2. The Morgan fingerprint density at radius 2 is 1.57 bits per heavy atom. The van der Waals surface area contributed by atoms with Gasteiger partial charge in [-0.1, -0.05) is 115 Å². The molecule has 0 spiro atoms. The second-order valence-electron chi connectivity index (χ2n) is 8.17. The van der Waals surface area contributed by atoms with Gasteiger partial charge < -0.3 is 10.1 Å². The van der Waals surface area contributed by atoms with E-state index in [4.69, 9.17) is 9.73 Å². The van der Waals surface area contributed by atoms with Crippen molar-refractivity contribution in [2.24, 2.45) is 4.99 Å². The number of hydrogen-bond acceptors (Lipinski definition) is 5. The highest BCUT2D eigenvalue weighted by Crippen LogP contribution is 2.37. The monoisotopic (exact) mass is 478 g/mol. The molecule has 0 aliphatic carbocycles. The maximum absolute atomic E-state index is 13.2. The molecular formula is C30H26N2O2S. The maximum Gasteiger partial charge on any atom is 0.338 e. The molecule has 0 amide bonds. The summed E-state index contributed by atoms with van der Waals surface area (Å²) in [6.07, 6.45) is 0. The number of hydrogen-bond donors (Lipinski definition) is 1. The summed E-state index contributed by atoms with van der Waals surface area (Å²) in [5.74, 6) is 0.403. The van der Waals surface area contributed by atoms with E-state index in [-0.39, 0.29) is 5.97 Å². The number of carbonyl (C=O) groups excluding carboxylic acids is 1. The Bertz CT molecular complexity index is 1390. The molecule has 1 atom stereocenters. The van der Waals surface area contributed by atoms with Gasteiger partial charge >= 0.3 is 5.97 Å². The van der Waals surface area contributed by atoms with Gasteiger partial charge in [-0.05, 0) is 34.4 Å². The van der Waals surface area contributed by atoms with E-state index in [2.05, 4.69) is 47.8 Å². The van der Waals surface area contributed by atoms with Gasteiger partial charge in [-0.15, -0.1) is 0 Å². The quantitative estimate of drug-likeness (QED) is 0.312. The third kappa shape index (κ3) is 5.00. The van der Waals surface area contributed by atoms with E-state index in [1.807, 2.05) is 67.6 Å². The number of aliphatic imine (C=N–C) groups is 1. The highest BCUT2D eigenvalue weighted by Gasteiger charge is 2.32. The van der Waals surface area contributed by atoms with Crippen LogP contribution in [0, 0.1) is 0 Å². The lowest BCUT2D eigenvalue weighted by atomic mass is 9.94. The van der Waals surface area contributed by atoms with Crippen LogP contribution in [0.5, 0.6) is 0 Å². The average molecular weight is 479 g/mol. The molecule has 35 heavy (non-hydrogen) atoms. The lowest BCUT2D eigenvalue weighted by Gasteiger charge is -2.27. The summed E-state index contributed by atoms with van der Waals surface area (Å²) in [6, 6.07) is 34.2. The van der Waals surface area contributed by atoms with Crippen LogP contribution < -0.4 is 5.32 Å². The Morgan fingerprint density at radius 3 is 2.34 bits per heavy atom. The number of rotatable bonds is 6. The maximum atomic E-state index is 13.2. The highest BCUT2D eigenvalue weighted by atomic mass is 32.2. The average Bonchev–Trinajstić information content (AvgIpc) is 2.92. The van der Waals surface area contributed by atoms with Crippen molar-refractivity contribution in [1.82, 2.24) is 5.32 Å². The highest BCUT2D eigenvalue weighted by molar-refractivity contribution is 8.13. The van der Waals surface area contributed by atoms with Gasteiger partial charge in [0, 0.05) is 5.75 Å². The summed E-state index contributed by atoms with van der Waals surface area (Å²) >= 11 is 1.64. The molecule has 4 nitrogen and oxygen atoms in total. The van der Waals surface area contributed by atoms with Crippen molar-refractivity contribution in [2.45, 2.75) is 18.7 Å². The number of thioether (sulfide) groups is 1. The minimum atomic E-state index is -0.457. The first kappa shape index (κ1) is 22.9. The molecule has 1 N–H and O–H groups in total. The molecule has 1 aliphatic heterocycles. The molecule has 0 radical (unpaired) electrons. The Balaban J connectivity index is 1.54. The van der Waals surface area contributed by atoms with Crippen LogP contribution >= 0.6 is 11.8 Å². The number of amidine groups is 1. The SMILES string of the molecule is CCOC(=O)C1=C(c2ccccc2)NC(SCc2cccc3ccccc23)=N[C@H]1c1ccccc1. The van der Waals surface area contributed by atoms with E-state index in [0.29, 0.717) is 12.2 Å². The number of benzene rings is 4. The van der Waals surface area contributed by atoms with Crippen molar-refractivity contribution in [2.75, 3.05) is 6.61 Å². The predicted octanol–water partition coefficient (Wildman–Crippen LogP) is 6.75. The first-order valence-electron chi connectivity index (χ1n) is 11.7. The van der Waals surface area contributed by atoms with E-state index < -0.39 is 6.04 Å². The van der Waals surface area contributed by atoms with Crippen LogP contribution in [-0.2, 0) is 15.3 Å². The van der Waals surface area contributed by atoms with Crippen molar-refractivity contribution in [3.63, 3.8) is 0 Å². The van der Waals surface area contributed by atoms with Crippen molar-refractivity contribution in [3.8, 4) is 0 Å². The van der Waals surface area contributed by atoms with E-state index in [1.165, 1.54) is 16.3 Å². The molecule has 5 heteroatoms. The van der Waals surface area contributed by atoms with Crippen molar-refractivity contribution < 1.29 is 9.53 Å². The van der Waals surface area contributed by atoms with Gasteiger partial charge in [-0.3, -0.25) is 0 Å². The van der Waals surface area contributed by atoms with E-state index in [9.17, 15) is 4.79 Å². The smallest absolute Gasteiger partial charge is 0.338 e. The molecule has 0 aromatic heterocycles. The van der Waals surface area contributed by atoms with Crippen LogP contribution in [-0.4, -0.2) is 17.7 Å². The molecule has 1 heterocycles. The lowest BCUT2D eigenvalue weighted by molar-refractivity contribution is -0.138. The van der Waals surface area contributed by atoms with Gasteiger partial charge in [-0.2, -0.15) is 0 Å².